The van der Waals surface area contributed by atoms with Crippen molar-refractivity contribution in [2.45, 2.75) is 32.4 Å². The zero-order valence-corrected chi connectivity index (χ0v) is 12.8. The smallest absolute Gasteiger partial charge is 0.240 e. The highest BCUT2D eigenvalue weighted by molar-refractivity contribution is 5.90. The number of rotatable bonds is 6. The Morgan fingerprint density at radius 1 is 1.27 bits per heavy atom. The van der Waals surface area contributed by atoms with E-state index in [-0.39, 0.29) is 11.8 Å². The van der Waals surface area contributed by atoms with E-state index in [0.29, 0.717) is 6.42 Å². The topological polar surface area (TPSA) is 114 Å². The fourth-order valence-electron chi connectivity index (χ4n) is 2.31. The van der Waals surface area contributed by atoms with Crippen LogP contribution >= 0.6 is 0 Å². The average molecular weight is 302 g/mol. The summed E-state index contributed by atoms with van der Waals surface area (Å²) in [6.45, 7) is 3.70. The molecule has 0 saturated heterocycles. The second-order valence-corrected chi connectivity index (χ2v) is 5.80. The maximum atomic E-state index is 12.0. The molecule has 6 N–H and O–H groups in total. The molecule has 22 heavy (non-hydrogen) atoms. The lowest BCUT2D eigenvalue weighted by molar-refractivity contribution is -0.128. The third-order valence-corrected chi connectivity index (χ3v) is 3.78. The Labute approximate surface area is 129 Å². The predicted molar refractivity (Wildman–Crippen MR) is 85.9 cm³/mol. The van der Waals surface area contributed by atoms with Gasteiger partial charge in [-0.25, -0.2) is 0 Å². The second kappa shape index (κ2) is 6.62. The minimum absolute atomic E-state index is 0.0124. The molecule has 2 rings (SSSR count). The Hall–Kier alpha value is -2.34. The number of hydrogen-bond acceptors (Lipinski definition) is 3. The van der Waals surface area contributed by atoms with Crippen molar-refractivity contribution in [1.29, 1.82) is 0 Å². The summed E-state index contributed by atoms with van der Waals surface area (Å²) in [4.78, 5) is 26.8. The minimum Gasteiger partial charge on any atom is -0.368 e. The number of primary amides is 1. The molecule has 1 heterocycles. The number of aromatic nitrogens is 1. The molecule has 2 atom stereocenters. The molecule has 0 radical (unpaired) electrons. The van der Waals surface area contributed by atoms with Gasteiger partial charge in [0.25, 0.3) is 0 Å². The van der Waals surface area contributed by atoms with Crippen LogP contribution < -0.4 is 16.8 Å². The van der Waals surface area contributed by atoms with E-state index in [4.69, 9.17) is 11.5 Å². The molecule has 0 aliphatic heterocycles. The molecule has 0 aliphatic carbocycles. The normalized spacial score (nSPS) is 14.0. The monoisotopic (exact) mass is 302 g/mol. The maximum Gasteiger partial charge on any atom is 0.240 e. The van der Waals surface area contributed by atoms with E-state index >= 15 is 0 Å². The second-order valence-electron chi connectivity index (χ2n) is 5.80. The fourth-order valence-corrected chi connectivity index (χ4v) is 2.31. The standard InChI is InChI=1S/C16H22N4O2/c1-9(2)14(17)16(22)20-13(15(18)21)7-10-8-19-12-6-4-3-5-11(10)12/h3-6,8-9,13-14,19H,7,17H2,1-2H3,(H2,18,21)(H,20,22)/t13-,14-/m0/s1. The molecule has 0 saturated carbocycles. The molecule has 0 unspecified atom stereocenters. The third kappa shape index (κ3) is 3.46. The Bertz CT molecular complexity index is 678. The molecule has 1 aromatic heterocycles. The first-order valence-corrected chi connectivity index (χ1v) is 7.30. The van der Waals surface area contributed by atoms with Crippen molar-refractivity contribution in [1.82, 2.24) is 10.3 Å². The zero-order chi connectivity index (χ0) is 16.3. The van der Waals surface area contributed by atoms with Crippen LogP contribution in [0.5, 0.6) is 0 Å². The van der Waals surface area contributed by atoms with Crippen molar-refractivity contribution < 1.29 is 9.59 Å². The van der Waals surface area contributed by atoms with Gasteiger partial charge in [-0.3, -0.25) is 9.59 Å². The first-order valence-electron chi connectivity index (χ1n) is 7.30. The summed E-state index contributed by atoms with van der Waals surface area (Å²) in [5.41, 5.74) is 13.1. The van der Waals surface area contributed by atoms with Gasteiger partial charge in [-0.2, -0.15) is 0 Å². The molecule has 0 bridgehead atoms. The highest BCUT2D eigenvalue weighted by atomic mass is 16.2. The van der Waals surface area contributed by atoms with Gasteiger partial charge in [-0.1, -0.05) is 32.0 Å². The van der Waals surface area contributed by atoms with Crippen molar-refractivity contribution >= 4 is 22.7 Å². The average Bonchev–Trinajstić information content (AvgIpc) is 2.88. The van der Waals surface area contributed by atoms with Gasteiger partial charge in [-0.05, 0) is 17.5 Å². The van der Waals surface area contributed by atoms with Crippen LogP contribution in [0.4, 0.5) is 0 Å². The largest absolute Gasteiger partial charge is 0.368 e. The van der Waals surface area contributed by atoms with Gasteiger partial charge in [0.15, 0.2) is 0 Å². The van der Waals surface area contributed by atoms with Crippen LogP contribution in [-0.2, 0) is 16.0 Å². The Morgan fingerprint density at radius 2 is 1.95 bits per heavy atom. The first-order chi connectivity index (χ1) is 10.4. The number of fused-ring (bicyclic) bond motifs is 1. The maximum absolute atomic E-state index is 12.0. The number of hydrogen-bond donors (Lipinski definition) is 4. The van der Waals surface area contributed by atoms with Gasteiger partial charge in [0.2, 0.25) is 11.8 Å². The molecule has 2 amide bonds. The molecule has 0 spiro atoms. The van der Waals surface area contributed by atoms with Gasteiger partial charge < -0.3 is 21.8 Å². The highest BCUT2D eigenvalue weighted by Gasteiger charge is 2.24. The van der Waals surface area contributed by atoms with Gasteiger partial charge >= 0.3 is 0 Å². The summed E-state index contributed by atoms with van der Waals surface area (Å²) in [6.07, 6.45) is 2.16. The minimum atomic E-state index is -0.781. The summed E-state index contributed by atoms with van der Waals surface area (Å²) in [5.74, 6) is -0.949. The number of aromatic amines is 1. The molecule has 0 aliphatic rings. The van der Waals surface area contributed by atoms with Crippen LogP contribution in [0.25, 0.3) is 10.9 Å². The number of nitrogens with one attached hydrogen (secondary N) is 2. The molecular weight excluding hydrogens is 280 g/mol. The molecular formula is C16H22N4O2. The lowest BCUT2D eigenvalue weighted by Gasteiger charge is -2.20. The Kier molecular flexibility index (Phi) is 4.82. The van der Waals surface area contributed by atoms with Crippen molar-refractivity contribution in [3.8, 4) is 0 Å². The number of carbonyl (C=O) groups excluding carboxylic acids is 2. The van der Waals surface area contributed by atoms with Gasteiger partial charge in [-0.15, -0.1) is 0 Å². The number of benzene rings is 1. The number of carbonyl (C=O) groups is 2. The van der Waals surface area contributed by atoms with E-state index < -0.39 is 18.0 Å². The van der Waals surface area contributed by atoms with Crippen LogP contribution in [0.2, 0.25) is 0 Å². The van der Waals surface area contributed by atoms with Crippen molar-refractivity contribution in [3.05, 3.63) is 36.0 Å². The molecule has 6 nitrogen and oxygen atoms in total. The Morgan fingerprint density at radius 3 is 2.59 bits per heavy atom. The lowest BCUT2D eigenvalue weighted by Crippen LogP contribution is -2.52. The lowest BCUT2D eigenvalue weighted by atomic mass is 10.0. The fraction of sp³-hybridized carbons (Fsp3) is 0.375. The van der Waals surface area contributed by atoms with E-state index in [1.54, 1.807) is 0 Å². The zero-order valence-electron chi connectivity index (χ0n) is 12.8. The van der Waals surface area contributed by atoms with Crippen LogP contribution in [0.15, 0.2) is 30.5 Å². The van der Waals surface area contributed by atoms with Gasteiger partial charge in [0.1, 0.15) is 6.04 Å². The quantitative estimate of drug-likeness (QED) is 0.628. The van der Waals surface area contributed by atoms with Crippen LogP contribution in [0, 0.1) is 5.92 Å². The van der Waals surface area contributed by atoms with E-state index in [0.717, 1.165) is 16.5 Å². The van der Waals surface area contributed by atoms with Crippen LogP contribution in [0.1, 0.15) is 19.4 Å². The van der Waals surface area contributed by atoms with Crippen LogP contribution in [-0.4, -0.2) is 28.9 Å². The van der Waals surface area contributed by atoms with E-state index in [1.807, 2.05) is 44.3 Å². The van der Waals surface area contributed by atoms with E-state index in [9.17, 15) is 9.59 Å². The predicted octanol–water partition coefficient (Wildman–Crippen LogP) is 0.664. The van der Waals surface area contributed by atoms with Crippen molar-refractivity contribution in [2.75, 3.05) is 0 Å². The molecule has 2 aromatic rings. The third-order valence-electron chi connectivity index (χ3n) is 3.78. The summed E-state index contributed by atoms with van der Waals surface area (Å²) < 4.78 is 0. The molecule has 1 aromatic carbocycles. The molecule has 118 valence electrons. The van der Waals surface area contributed by atoms with E-state index in [1.165, 1.54) is 0 Å². The van der Waals surface area contributed by atoms with Crippen molar-refractivity contribution in [2.24, 2.45) is 17.4 Å². The first kappa shape index (κ1) is 16.0. The summed E-state index contributed by atoms with van der Waals surface area (Å²) in [6, 6.07) is 6.32. The summed E-state index contributed by atoms with van der Waals surface area (Å²) >= 11 is 0. The number of amides is 2. The number of H-pyrrole nitrogens is 1. The molecule has 6 heteroatoms. The molecule has 0 fully saturated rings. The number of para-hydroxylation sites is 1. The Balaban J connectivity index is 2.16. The highest BCUT2D eigenvalue weighted by Crippen LogP contribution is 2.19. The SMILES string of the molecule is CC(C)[C@H](N)C(=O)N[C@@H](Cc1c[nH]c2ccccc12)C(N)=O. The van der Waals surface area contributed by atoms with Gasteiger partial charge in [0, 0.05) is 23.5 Å². The van der Waals surface area contributed by atoms with Crippen LogP contribution in [0.3, 0.4) is 0 Å². The van der Waals surface area contributed by atoms with Gasteiger partial charge in [0.05, 0.1) is 6.04 Å². The summed E-state index contributed by atoms with van der Waals surface area (Å²) in [7, 11) is 0. The number of nitrogens with two attached hydrogens (primary N) is 2. The summed E-state index contributed by atoms with van der Waals surface area (Å²) in [5, 5.41) is 3.66. The van der Waals surface area contributed by atoms with E-state index in [2.05, 4.69) is 10.3 Å². The van der Waals surface area contributed by atoms with Crippen molar-refractivity contribution in [3.63, 3.8) is 0 Å².